The van der Waals surface area contributed by atoms with Gasteiger partial charge in [-0.25, -0.2) is 0 Å². The molecule has 0 saturated carbocycles. The average Bonchev–Trinajstić information content (AvgIpc) is 2.80. The fraction of sp³-hybridized carbons (Fsp3) is 0.333. The van der Waals surface area contributed by atoms with Crippen molar-refractivity contribution in [1.29, 1.82) is 0 Å². The van der Waals surface area contributed by atoms with Gasteiger partial charge >= 0.3 is 0 Å². The number of hydrogen-bond donors (Lipinski definition) is 1. The molecule has 0 amide bonds. The number of halogens is 1. The zero-order chi connectivity index (χ0) is 12.3. The molecule has 1 atom stereocenters. The van der Waals surface area contributed by atoms with Gasteiger partial charge in [-0.15, -0.1) is 10.2 Å². The molecule has 1 unspecified atom stereocenters. The van der Waals surface area contributed by atoms with Crippen LogP contribution in [0.25, 0.3) is 0 Å². The molecule has 17 heavy (non-hydrogen) atoms. The molecule has 2 aromatic rings. The molecule has 0 radical (unpaired) electrons. The first-order chi connectivity index (χ1) is 8.19. The third-order valence-electron chi connectivity index (χ3n) is 2.51. The van der Waals surface area contributed by atoms with Gasteiger partial charge < -0.3 is 10.2 Å². The van der Waals surface area contributed by atoms with Crippen molar-refractivity contribution in [3.05, 3.63) is 46.6 Å². The second-order valence-corrected chi connectivity index (χ2v) is 4.29. The highest BCUT2D eigenvalue weighted by Gasteiger charge is 2.12. The summed E-state index contributed by atoms with van der Waals surface area (Å²) in [6.07, 6.45) is 1.38. The predicted molar refractivity (Wildman–Crippen MR) is 65.8 cm³/mol. The Hall–Kier alpha value is -1.39. The number of rotatable bonds is 4. The number of nitrogens with two attached hydrogens (primary N) is 1. The first kappa shape index (κ1) is 12.1. The Labute approximate surface area is 105 Å². The van der Waals surface area contributed by atoms with Crippen LogP contribution in [0, 0.1) is 0 Å². The van der Waals surface area contributed by atoms with Crippen molar-refractivity contribution >= 4 is 11.6 Å². The van der Waals surface area contributed by atoms with Crippen LogP contribution in [0.4, 0.5) is 0 Å². The van der Waals surface area contributed by atoms with E-state index in [0.717, 1.165) is 12.0 Å². The van der Waals surface area contributed by atoms with Gasteiger partial charge in [-0.2, -0.15) is 0 Å². The number of hydrogen-bond acceptors (Lipinski definition) is 4. The van der Waals surface area contributed by atoms with Crippen molar-refractivity contribution in [2.24, 2.45) is 5.73 Å². The second-order valence-electron chi connectivity index (χ2n) is 3.85. The highest BCUT2D eigenvalue weighted by Crippen LogP contribution is 2.16. The van der Waals surface area contributed by atoms with Crippen LogP contribution in [0.3, 0.4) is 0 Å². The summed E-state index contributed by atoms with van der Waals surface area (Å²) in [5, 5.41) is 8.62. The van der Waals surface area contributed by atoms with Crippen LogP contribution < -0.4 is 5.73 Å². The van der Waals surface area contributed by atoms with E-state index in [1.165, 1.54) is 0 Å². The highest BCUT2D eigenvalue weighted by atomic mass is 35.5. The lowest BCUT2D eigenvalue weighted by Crippen LogP contribution is -2.08. The van der Waals surface area contributed by atoms with Crippen molar-refractivity contribution in [3.63, 3.8) is 0 Å². The van der Waals surface area contributed by atoms with Crippen molar-refractivity contribution in [2.45, 2.75) is 25.8 Å². The van der Waals surface area contributed by atoms with E-state index in [4.69, 9.17) is 21.8 Å². The zero-order valence-corrected chi connectivity index (χ0v) is 10.3. The Morgan fingerprint density at radius 2 is 2.00 bits per heavy atom. The molecule has 0 bridgehead atoms. The summed E-state index contributed by atoms with van der Waals surface area (Å²) in [6.45, 7) is 1.98. The molecule has 0 fully saturated rings. The molecule has 0 aliphatic heterocycles. The fourth-order valence-electron chi connectivity index (χ4n) is 1.44. The molecular formula is C12H14ClN3O. The van der Waals surface area contributed by atoms with Gasteiger partial charge in [-0.3, -0.25) is 0 Å². The maximum atomic E-state index is 5.81. The van der Waals surface area contributed by atoms with Crippen LogP contribution in [-0.2, 0) is 6.42 Å². The Balaban J connectivity index is 2.08. The summed E-state index contributed by atoms with van der Waals surface area (Å²) in [6, 6.07) is 7.37. The Kier molecular flexibility index (Phi) is 3.76. The smallest absolute Gasteiger partial charge is 0.233 e. The molecule has 0 spiro atoms. The normalized spacial score (nSPS) is 12.6. The van der Waals surface area contributed by atoms with E-state index in [1.54, 1.807) is 0 Å². The van der Waals surface area contributed by atoms with E-state index in [1.807, 2.05) is 31.2 Å². The minimum Gasteiger partial charge on any atom is -0.423 e. The zero-order valence-electron chi connectivity index (χ0n) is 9.56. The first-order valence-corrected chi connectivity index (χ1v) is 5.89. The van der Waals surface area contributed by atoms with Crippen LogP contribution in [-0.4, -0.2) is 10.2 Å². The van der Waals surface area contributed by atoms with Gasteiger partial charge in [0.2, 0.25) is 11.8 Å². The van der Waals surface area contributed by atoms with E-state index in [0.29, 0.717) is 23.2 Å². The van der Waals surface area contributed by atoms with Gasteiger partial charge in [0.05, 0.1) is 12.5 Å². The van der Waals surface area contributed by atoms with E-state index >= 15 is 0 Å². The van der Waals surface area contributed by atoms with Gasteiger partial charge in [-0.05, 0) is 24.1 Å². The van der Waals surface area contributed by atoms with Crippen LogP contribution >= 0.6 is 11.6 Å². The summed E-state index contributed by atoms with van der Waals surface area (Å²) in [5.74, 6) is 1.07. The SMILES string of the molecule is CCC(N)c1nnc(Cc2ccc(Cl)cc2)o1. The van der Waals surface area contributed by atoms with Crippen molar-refractivity contribution < 1.29 is 4.42 Å². The minimum absolute atomic E-state index is 0.179. The molecule has 1 aromatic carbocycles. The summed E-state index contributed by atoms with van der Waals surface area (Å²) >= 11 is 5.81. The molecule has 1 heterocycles. The van der Waals surface area contributed by atoms with Crippen LogP contribution in [0.1, 0.15) is 36.7 Å². The Bertz CT molecular complexity index is 481. The molecule has 90 valence electrons. The fourth-order valence-corrected chi connectivity index (χ4v) is 1.57. The van der Waals surface area contributed by atoms with Crippen molar-refractivity contribution in [1.82, 2.24) is 10.2 Å². The maximum Gasteiger partial charge on any atom is 0.233 e. The lowest BCUT2D eigenvalue weighted by atomic mass is 10.1. The molecule has 0 aliphatic carbocycles. The highest BCUT2D eigenvalue weighted by molar-refractivity contribution is 6.30. The van der Waals surface area contributed by atoms with Gasteiger partial charge in [0.15, 0.2) is 0 Å². The van der Waals surface area contributed by atoms with E-state index in [2.05, 4.69) is 10.2 Å². The summed E-state index contributed by atoms with van der Waals surface area (Å²) < 4.78 is 5.49. The summed E-state index contributed by atoms with van der Waals surface area (Å²) in [4.78, 5) is 0. The quantitative estimate of drug-likeness (QED) is 0.907. The number of aromatic nitrogens is 2. The summed E-state index contributed by atoms with van der Waals surface area (Å²) in [7, 11) is 0. The third kappa shape index (κ3) is 3.05. The van der Waals surface area contributed by atoms with Gasteiger partial charge in [0.1, 0.15) is 0 Å². The Morgan fingerprint density at radius 1 is 1.29 bits per heavy atom. The molecular weight excluding hydrogens is 238 g/mol. The predicted octanol–water partition coefficient (Wildman–Crippen LogP) is 2.72. The van der Waals surface area contributed by atoms with Crippen molar-refractivity contribution in [2.75, 3.05) is 0 Å². The largest absolute Gasteiger partial charge is 0.423 e. The molecule has 0 saturated heterocycles. The monoisotopic (exact) mass is 251 g/mol. The van der Waals surface area contributed by atoms with Gasteiger partial charge in [0, 0.05) is 5.02 Å². The van der Waals surface area contributed by atoms with Crippen LogP contribution in [0.15, 0.2) is 28.7 Å². The third-order valence-corrected chi connectivity index (χ3v) is 2.76. The first-order valence-electron chi connectivity index (χ1n) is 5.51. The molecule has 5 heteroatoms. The molecule has 0 aliphatic rings. The van der Waals surface area contributed by atoms with E-state index < -0.39 is 0 Å². The van der Waals surface area contributed by atoms with Crippen LogP contribution in [0.5, 0.6) is 0 Å². The second kappa shape index (κ2) is 5.29. The van der Waals surface area contributed by atoms with E-state index in [-0.39, 0.29) is 6.04 Å². The van der Waals surface area contributed by atoms with Crippen LogP contribution in [0.2, 0.25) is 5.02 Å². The van der Waals surface area contributed by atoms with Crippen molar-refractivity contribution in [3.8, 4) is 0 Å². The van der Waals surface area contributed by atoms with E-state index in [9.17, 15) is 0 Å². The molecule has 2 N–H and O–H groups in total. The molecule has 2 rings (SSSR count). The topological polar surface area (TPSA) is 64.9 Å². The van der Waals surface area contributed by atoms with Gasteiger partial charge in [-0.1, -0.05) is 30.7 Å². The maximum absolute atomic E-state index is 5.81. The summed E-state index contributed by atoms with van der Waals surface area (Å²) in [5.41, 5.74) is 6.89. The number of nitrogens with zero attached hydrogens (tertiary/aromatic N) is 2. The van der Waals surface area contributed by atoms with Gasteiger partial charge in [0.25, 0.3) is 0 Å². The molecule has 1 aromatic heterocycles. The lowest BCUT2D eigenvalue weighted by Gasteiger charge is -2.00. The molecule has 4 nitrogen and oxygen atoms in total. The Morgan fingerprint density at radius 3 is 2.65 bits per heavy atom. The average molecular weight is 252 g/mol. The minimum atomic E-state index is -0.179. The lowest BCUT2D eigenvalue weighted by molar-refractivity contribution is 0.418. The number of benzene rings is 1. The standard InChI is InChI=1S/C12H14ClN3O/c1-2-10(14)12-16-15-11(17-12)7-8-3-5-9(13)6-4-8/h3-6,10H,2,7,14H2,1H3.